The number of carbonyl (C=O) groups excluding carboxylic acids is 1. The van der Waals surface area contributed by atoms with Gasteiger partial charge >= 0.3 is 0 Å². The fourth-order valence-electron chi connectivity index (χ4n) is 2.89. The van der Waals surface area contributed by atoms with Crippen molar-refractivity contribution in [1.82, 2.24) is 5.32 Å². The highest BCUT2D eigenvalue weighted by Gasteiger charge is 2.41. The van der Waals surface area contributed by atoms with Crippen LogP contribution in [0.3, 0.4) is 0 Å². The van der Waals surface area contributed by atoms with Crippen molar-refractivity contribution < 1.29 is 9.36 Å². The van der Waals surface area contributed by atoms with E-state index in [9.17, 15) is 9.36 Å². The van der Waals surface area contributed by atoms with E-state index in [-0.39, 0.29) is 5.91 Å². The van der Waals surface area contributed by atoms with Gasteiger partial charge in [0.15, 0.2) is 7.14 Å². The van der Waals surface area contributed by atoms with Crippen molar-refractivity contribution >= 4 is 46.9 Å². The van der Waals surface area contributed by atoms with E-state index in [1.807, 2.05) is 18.2 Å². The third-order valence-electron chi connectivity index (χ3n) is 4.22. The highest BCUT2D eigenvalue weighted by atomic mass is 35.5. The van der Waals surface area contributed by atoms with Gasteiger partial charge in [0.1, 0.15) is 10.6 Å². The fourth-order valence-corrected chi connectivity index (χ4v) is 6.75. The second-order valence-electron chi connectivity index (χ2n) is 5.95. The number of benzene rings is 3. The van der Waals surface area contributed by atoms with Crippen molar-refractivity contribution in [2.45, 2.75) is 10.6 Å². The molecule has 0 unspecified atom stereocenters. The molecule has 0 saturated carbocycles. The van der Waals surface area contributed by atoms with Crippen LogP contribution in [0.2, 0.25) is 0 Å². The van der Waals surface area contributed by atoms with Gasteiger partial charge in [0, 0.05) is 16.2 Å². The van der Waals surface area contributed by atoms with E-state index in [4.69, 9.17) is 23.2 Å². The average molecular weight is 418 g/mol. The molecule has 1 N–H and O–H groups in total. The molecule has 0 aromatic heterocycles. The van der Waals surface area contributed by atoms with E-state index in [0.29, 0.717) is 16.2 Å². The summed E-state index contributed by atoms with van der Waals surface area (Å²) in [5.74, 6) is -1.35. The van der Waals surface area contributed by atoms with Crippen LogP contribution in [0, 0.1) is 0 Å². The molecule has 138 valence electrons. The molecule has 1 atom stereocenters. The van der Waals surface area contributed by atoms with E-state index in [2.05, 4.69) is 5.32 Å². The Morgan fingerprint density at radius 3 is 1.56 bits per heavy atom. The van der Waals surface area contributed by atoms with Crippen LogP contribution in [-0.4, -0.2) is 16.5 Å². The Morgan fingerprint density at radius 2 is 1.15 bits per heavy atom. The normalized spacial score (nSPS) is 12.6. The maximum atomic E-state index is 14.3. The minimum Gasteiger partial charge on any atom is -0.339 e. The molecule has 0 spiro atoms. The number of rotatable bonds is 6. The number of carbonyl (C=O) groups is 1. The molecule has 0 radical (unpaired) electrons. The number of hydrogen-bond acceptors (Lipinski definition) is 2. The van der Waals surface area contributed by atoms with E-state index in [0.717, 1.165) is 0 Å². The third-order valence-corrected chi connectivity index (χ3v) is 8.42. The lowest BCUT2D eigenvalue weighted by Crippen LogP contribution is -2.44. The summed E-state index contributed by atoms with van der Waals surface area (Å²) in [7, 11) is -3.36. The summed E-state index contributed by atoms with van der Waals surface area (Å²) in [6, 6.07) is 26.7. The van der Waals surface area contributed by atoms with E-state index in [1.54, 1.807) is 72.8 Å². The number of halogens is 2. The third kappa shape index (κ3) is 4.27. The number of alkyl halides is 2. The van der Waals surface area contributed by atoms with Crippen molar-refractivity contribution in [2.75, 3.05) is 0 Å². The molecule has 27 heavy (non-hydrogen) atoms. The first-order valence-corrected chi connectivity index (χ1v) is 11.0. The predicted octanol–water partition coefficient (Wildman–Crippen LogP) is 4.56. The monoisotopic (exact) mass is 417 g/mol. The SMILES string of the molecule is O=C(N[C@@H](C(Cl)Cl)P(=O)(c1ccccc1)c1ccccc1)c1ccccc1. The standard InChI is InChI=1S/C21H18Cl2NO2P/c22-19(23)21(24-20(25)16-10-4-1-5-11-16)27(26,17-12-6-2-7-13-17)18-14-8-3-9-15-18/h1-15,19,21H,(H,24,25)/t21-/m1/s1. The maximum Gasteiger partial charge on any atom is 0.251 e. The van der Waals surface area contributed by atoms with Gasteiger partial charge in [-0.25, -0.2) is 0 Å². The molecule has 6 heteroatoms. The van der Waals surface area contributed by atoms with Gasteiger partial charge in [-0.05, 0) is 12.1 Å². The molecule has 0 saturated heterocycles. The topological polar surface area (TPSA) is 46.2 Å². The van der Waals surface area contributed by atoms with Crippen LogP contribution >= 0.6 is 30.3 Å². The van der Waals surface area contributed by atoms with Gasteiger partial charge in [-0.3, -0.25) is 4.79 Å². The number of nitrogens with one attached hydrogen (secondary N) is 1. The second-order valence-corrected chi connectivity index (χ2v) is 10.0. The molecular formula is C21H18Cl2NO2P. The molecule has 3 aromatic rings. The van der Waals surface area contributed by atoms with Crippen LogP contribution in [0.25, 0.3) is 0 Å². The summed E-state index contributed by atoms with van der Waals surface area (Å²) in [4.78, 5) is 11.7. The fraction of sp³-hybridized carbons (Fsp3) is 0.0952. The van der Waals surface area contributed by atoms with Crippen LogP contribution in [0.5, 0.6) is 0 Å². The van der Waals surface area contributed by atoms with Crippen molar-refractivity contribution in [1.29, 1.82) is 0 Å². The largest absolute Gasteiger partial charge is 0.339 e. The molecule has 0 bridgehead atoms. The first-order chi connectivity index (χ1) is 13.0. The highest BCUT2D eigenvalue weighted by molar-refractivity contribution is 7.79. The van der Waals surface area contributed by atoms with Crippen LogP contribution in [0.15, 0.2) is 91.0 Å². The molecule has 0 fully saturated rings. The summed E-state index contributed by atoms with van der Waals surface area (Å²) in [6.07, 6.45) is 0. The first-order valence-electron chi connectivity index (χ1n) is 8.38. The Kier molecular flexibility index (Phi) is 6.38. The smallest absolute Gasteiger partial charge is 0.251 e. The maximum absolute atomic E-state index is 14.3. The van der Waals surface area contributed by atoms with Crippen LogP contribution in [-0.2, 0) is 4.57 Å². The lowest BCUT2D eigenvalue weighted by atomic mass is 10.2. The molecule has 1 amide bonds. The van der Waals surface area contributed by atoms with Crippen LogP contribution < -0.4 is 15.9 Å². The van der Waals surface area contributed by atoms with Gasteiger partial charge in [-0.15, -0.1) is 23.2 Å². The van der Waals surface area contributed by atoms with Crippen molar-refractivity contribution in [3.8, 4) is 0 Å². The molecule has 0 aliphatic carbocycles. The summed E-state index contributed by atoms with van der Waals surface area (Å²) in [5.41, 5.74) is 0.448. The zero-order chi connectivity index (χ0) is 19.3. The summed E-state index contributed by atoms with van der Waals surface area (Å²) < 4.78 is 14.3. The van der Waals surface area contributed by atoms with Gasteiger partial charge < -0.3 is 9.88 Å². The van der Waals surface area contributed by atoms with Crippen molar-refractivity contribution in [3.05, 3.63) is 96.6 Å². The van der Waals surface area contributed by atoms with Crippen LogP contribution in [0.4, 0.5) is 0 Å². The number of hydrogen-bond donors (Lipinski definition) is 1. The minimum atomic E-state index is -3.36. The lowest BCUT2D eigenvalue weighted by Gasteiger charge is -2.30. The van der Waals surface area contributed by atoms with Crippen LogP contribution in [0.1, 0.15) is 10.4 Å². The lowest BCUT2D eigenvalue weighted by molar-refractivity contribution is 0.0949. The van der Waals surface area contributed by atoms with Gasteiger partial charge in [-0.2, -0.15) is 0 Å². The number of amides is 1. The first kappa shape index (κ1) is 19.7. The Balaban J connectivity index is 2.08. The zero-order valence-electron chi connectivity index (χ0n) is 14.3. The molecule has 3 nitrogen and oxygen atoms in total. The molecule has 3 aromatic carbocycles. The molecule has 0 heterocycles. The predicted molar refractivity (Wildman–Crippen MR) is 113 cm³/mol. The van der Waals surface area contributed by atoms with Gasteiger partial charge in [-0.1, -0.05) is 78.9 Å². The molecule has 3 rings (SSSR count). The Bertz CT molecular complexity index is 891. The van der Waals surface area contributed by atoms with Gasteiger partial charge in [0.05, 0.1) is 0 Å². The molecular weight excluding hydrogens is 400 g/mol. The Labute approximate surface area is 168 Å². The Hall–Kier alpha value is -2.06. The second kappa shape index (κ2) is 8.75. The zero-order valence-corrected chi connectivity index (χ0v) is 16.7. The highest BCUT2D eigenvalue weighted by Crippen LogP contribution is 2.50. The van der Waals surface area contributed by atoms with E-state index in [1.165, 1.54) is 0 Å². The summed E-state index contributed by atoms with van der Waals surface area (Å²) >= 11 is 12.5. The van der Waals surface area contributed by atoms with Gasteiger partial charge in [0.25, 0.3) is 5.91 Å². The minimum absolute atomic E-state index is 0.376. The summed E-state index contributed by atoms with van der Waals surface area (Å²) in [6.45, 7) is 0. The van der Waals surface area contributed by atoms with Crippen molar-refractivity contribution in [3.63, 3.8) is 0 Å². The summed E-state index contributed by atoms with van der Waals surface area (Å²) in [5, 5.41) is 3.97. The quantitative estimate of drug-likeness (QED) is 0.471. The molecule has 0 aliphatic heterocycles. The van der Waals surface area contributed by atoms with E-state index >= 15 is 0 Å². The van der Waals surface area contributed by atoms with Gasteiger partial charge in [0.2, 0.25) is 0 Å². The van der Waals surface area contributed by atoms with E-state index < -0.39 is 17.8 Å². The molecule has 0 aliphatic rings. The average Bonchev–Trinajstić information content (AvgIpc) is 2.73. The van der Waals surface area contributed by atoms with Crippen molar-refractivity contribution in [2.24, 2.45) is 0 Å². The Morgan fingerprint density at radius 1 is 0.741 bits per heavy atom.